The molecule has 8 nitrogen and oxygen atoms in total. The molecule has 0 bridgehead atoms. The minimum Gasteiger partial charge on any atom is -0.457 e. The van der Waals surface area contributed by atoms with E-state index in [1.54, 1.807) is 19.1 Å². The maximum absolute atomic E-state index is 12.5. The number of halogens is 1. The summed E-state index contributed by atoms with van der Waals surface area (Å²) in [6.07, 6.45) is 1.63. The lowest BCUT2D eigenvalue weighted by Gasteiger charge is -2.11. The molecule has 2 aromatic heterocycles. The molecule has 26 heavy (non-hydrogen) atoms. The predicted molar refractivity (Wildman–Crippen MR) is 95.6 cm³/mol. The second-order valence-electron chi connectivity index (χ2n) is 5.71. The van der Waals surface area contributed by atoms with Gasteiger partial charge in [-0.25, -0.2) is 15.2 Å². The van der Waals surface area contributed by atoms with Gasteiger partial charge in [0.15, 0.2) is 0 Å². The molecule has 0 saturated carbocycles. The van der Waals surface area contributed by atoms with Crippen molar-refractivity contribution in [1.82, 2.24) is 20.6 Å². The summed E-state index contributed by atoms with van der Waals surface area (Å²) < 4.78 is 5.83. The lowest BCUT2D eigenvalue weighted by atomic mass is 10.1. The molecule has 0 unspecified atom stereocenters. The number of tetrazole rings is 1. The van der Waals surface area contributed by atoms with Gasteiger partial charge in [-0.05, 0) is 43.7 Å². The molecule has 130 valence electrons. The Morgan fingerprint density at radius 2 is 2.08 bits per heavy atom. The van der Waals surface area contributed by atoms with Crippen LogP contribution in [-0.2, 0) is 4.79 Å². The number of aromatic nitrogens is 4. The maximum Gasteiger partial charge on any atom is 0.239 e. The number of amides is 1. The molecule has 1 amide bonds. The summed E-state index contributed by atoms with van der Waals surface area (Å²) in [5.41, 5.74) is 2.76. The van der Waals surface area contributed by atoms with Crippen molar-refractivity contribution >= 4 is 35.2 Å². The number of carbonyl (C=O) groups excluding carboxylic acids is 1. The van der Waals surface area contributed by atoms with Crippen LogP contribution in [0, 0.1) is 6.92 Å². The summed E-state index contributed by atoms with van der Waals surface area (Å²) in [6.45, 7) is 3.66. The van der Waals surface area contributed by atoms with E-state index in [4.69, 9.17) is 16.0 Å². The quantitative estimate of drug-likeness (QED) is 0.660. The number of hydrogen-bond donors (Lipinski definition) is 0. The van der Waals surface area contributed by atoms with E-state index in [0.717, 1.165) is 16.1 Å². The third-order valence-corrected chi connectivity index (χ3v) is 4.34. The van der Waals surface area contributed by atoms with Crippen molar-refractivity contribution in [2.75, 3.05) is 5.01 Å². The van der Waals surface area contributed by atoms with Crippen molar-refractivity contribution in [2.24, 2.45) is 5.10 Å². The minimum atomic E-state index is -0.367. The van der Waals surface area contributed by atoms with Crippen LogP contribution < -0.4 is 10.1 Å². The number of aryl methyl sites for hydroxylation is 1. The fourth-order valence-electron chi connectivity index (χ4n) is 2.52. The SMILES string of the molecule is CC1=NN(c2nnn[n-]2)C(=O)/C1=C\c1ccc(-c2ccc(C)c(Cl)c2)o1. The second-order valence-corrected chi connectivity index (χ2v) is 6.11. The Kier molecular flexibility index (Phi) is 3.89. The van der Waals surface area contributed by atoms with Crippen LogP contribution in [0.1, 0.15) is 18.2 Å². The molecule has 1 aliphatic rings. The van der Waals surface area contributed by atoms with E-state index in [9.17, 15) is 4.79 Å². The number of hydrogen-bond acceptors (Lipinski definition) is 6. The van der Waals surface area contributed by atoms with Crippen LogP contribution in [0.4, 0.5) is 5.95 Å². The van der Waals surface area contributed by atoms with Crippen LogP contribution in [0.3, 0.4) is 0 Å². The highest BCUT2D eigenvalue weighted by Gasteiger charge is 2.26. The van der Waals surface area contributed by atoms with E-state index < -0.39 is 0 Å². The first-order valence-corrected chi connectivity index (χ1v) is 8.07. The van der Waals surface area contributed by atoms with Crippen LogP contribution in [0.25, 0.3) is 17.4 Å². The number of furan rings is 1. The number of rotatable bonds is 3. The van der Waals surface area contributed by atoms with Crippen molar-refractivity contribution in [3.8, 4) is 11.3 Å². The van der Waals surface area contributed by atoms with E-state index in [2.05, 4.69) is 25.7 Å². The lowest BCUT2D eigenvalue weighted by molar-refractivity contribution is -0.114. The van der Waals surface area contributed by atoms with Crippen LogP contribution in [-0.4, -0.2) is 27.1 Å². The Morgan fingerprint density at radius 3 is 2.81 bits per heavy atom. The van der Waals surface area contributed by atoms with E-state index in [1.807, 2.05) is 31.2 Å². The first-order chi connectivity index (χ1) is 12.5. The van der Waals surface area contributed by atoms with Crippen molar-refractivity contribution in [1.29, 1.82) is 0 Å². The van der Waals surface area contributed by atoms with Gasteiger partial charge in [-0.15, -0.1) is 5.21 Å². The predicted octanol–water partition coefficient (Wildman–Crippen LogP) is 2.86. The summed E-state index contributed by atoms with van der Waals surface area (Å²) in [7, 11) is 0. The monoisotopic (exact) mass is 367 g/mol. The number of nitrogens with zero attached hydrogens (tertiary/aromatic N) is 6. The van der Waals surface area contributed by atoms with Gasteiger partial charge in [-0.3, -0.25) is 9.89 Å². The smallest absolute Gasteiger partial charge is 0.239 e. The molecule has 0 atom stereocenters. The van der Waals surface area contributed by atoms with Gasteiger partial charge in [0.2, 0.25) is 5.91 Å². The molecule has 0 N–H and O–H groups in total. The second kappa shape index (κ2) is 6.23. The molecule has 0 spiro atoms. The largest absolute Gasteiger partial charge is 0.457 e. The Bertz CT molecular complexity index is 1050. The average molecular weight is 368 g/mol. The fourth-order valence-corrected chi connectivity index (χ4v) is 2.70. The summed E-state index contributed by atoms with van der Waals surface area (Å²) in [4.78, 5) is 12.5. The number of hydrazone groups is 1. The molecule has 3 heterocycles. The Labute approximate surface area is 153 Å². The molecule has 0 fully saturated rings. The zero-order valence-corrected chi connectivity index (χ0v) is 14.6. The summed E-state index contributed by atoms with van der Waals surface area (Å²) in [6, 6.07) is 9.30. The first kappa shape index (κ1) is 16.2. The van der Waals surface area contributed by atoms with Gasteiger partial charge >= 0.3 is 0 Å². The summed E-state index contributed by atoms with van der Waals surface area (Å²) in [5, 5.41) is 19.9. The molecule has 3 aromatic rings. The number of benzene rings is 1. The fraction of sp³-hybridized carbons (Fsp3) is 0.118. The molecule has 0 radical (unpaired) electrons. The Hall–Kier alpha value is -3.26. The van der Waals surface area contributed by atoms with Gasteiger partial charge in [0.05, 0.1) is 11.3 Å². The molecular weight excluding hydrogens is 356 g/mol. The Balaban J connectivity index is 1.63. The van der Waals surface area contributed by atoms with Crippen LogP contribution in [0.15, 0.2) is 45.4 Å². The van der Waals surface area contributed by atoms with Crippen LogP contribution in [0.2, 0.25) is 5.02 Å². The van der Waals surface area contributed by atoms with E-state index in [0.29, 0.717) is 27.8 Å². The van der Waals surface area contributed by atoms with E-state index in [-0.39, 0.29) is 11.9 Å². The molecule has 4 rings (SSSR count). The van der Waals surface area contributed by atoms with Gasteiger partial charge in [0.1, 0.15) is 17.5 Å². The van der Waals surface area contributed by atoms with Gasteiger partial charge in [-0.1, -0.05) is 23.7 Å². The lowest BCUT2D eigenvalue weighted by Crippen LogP contribution is -2.22. The van der Waals surface area contributed by atoms with Gasteiger partial charge < -0.3 is 4.42 Å². The van der Waals surface area contributed by atoms with E-state index >= 15 is 0 Å². The van der Waals surface area contributed by atoms with Gasteiger partial charge in [0, 0.05) is 10.6 Å². The third kappa shape index (κ3) is 2.80. The first-order valence-electron chi connectivity index (χ1n) is 7.70. The van der Waals surface area contributed by atoms with E-state index in [1.165, 1.54) is 0 Å². The zero-order valence-electron chi connectivity index (χ0n) is 13.8. The zero-order chi connectivity index (χ0) is 18.3. The maximum atomic E-state index is 12.5. The molecular formula is C17H12ClN6O2-. The topological polar surface area (TPSA) is 98.6 Å². The van der Waals surface area contributed by atoms with Crippen molar-refractivity contribution in [3.63, 3.8) is 0 Å². The standard InChI is InChI=1S/C17H12ClN6O2/c1-9-3-4-11(7-14(9)18)15-6-5-12(26-15)8-13-10(2)21-24(16(13)25)17-19-22-23-20-17/h3-8H,1-2H3/q-1/b13-8-. The molecule has 1 aromatic carbocycles. The molecule has 1 aliphatic heterocycles. The van der Waals surface area contributed by atoms with Crippen LogP contribution >= 0.6 is 11.6 Å². The molecule has 9 heteroatoms. The average Bonchev–Trinajstić information content (AvgIpc) is 3.35. The van der Waals surface area contributed by atoms with Crippen molar-refractivity contribution in [3.05, 3.63) is 52.3 Å². The van der Waals surface area contributed by atoms with Crippen molar-refractivity contribution in [2.45, 2.75) is 13.8 Å². The highest BCUT2D eigenvalue weighted by Crippen LogP contribution is 2.28. The molecule has 0 aliphatic carbocycles. The number of anilines is 1. The summed E-state index contributed by atoms with van der Waals surface area (Å²) >= 11 is 6.17. The highest BCUT2D eigenvalue weighted by atomic mass is 35.5. The molecule has 0 saturated heterocycles. The normalized spacial score (nSPS) is 15.8. The van der Waals surface area contributed by atoms with Crippen molar-refractivity contribution < 1.29 is 9.21 Å². The highest BCUT2D eigenvalue weighted by molar-refractivity contribution is 6.32. The number of carbonyl (C=O) groups is 1. The van der Waals surface area contributed by atoms with Gasteiger partial charge in [0.25, 0.3) is 0 Å². The third-order valence-electron chi connectivity index (χ3n) is 3.93. The Morgan fingerprint density at radius 1 is 1.23 bits per heavy atom. The van der Waals surface area contributed by atoms with Gasteiger partial charge in [-0.2, -0.15) is 5.21 Å². The van der Waals surface area contributed by atoms with Crippen LogP contribution in [0.5, 0.6) is 0 Å². The summed E-state index contributed by atoms with van der Waals surface area (Å²) in [5.74, 6) is 0.848. The minimum absolute atomic E-state index is 0.0344.